The molecule has 4 fully saturated rings. The number of aliphatic hydroxyl groups is 1. The van der Waals surface area contributed by atoms with Gasteiger partial charge in [-0.25, -0.2) is 4.79 Å². The first-order chi connectivity index (χ1) is 18.6. The fourth-order valence-corrected chi connectivity index (χ4v) is 9.64. The molecule has 0 radical (unpaired) electrons. The maximum absolute atomic E-state index is 13.6. The van der Waals surface area contributed by atoms with Crippen LogP contribution in [-0.4, -0.2) is 65.3 Å². The van der Waals surface area contributed by atoms with E-state index in [4.69, 9.17) is 14.2 Å². The topological polar surface area (TPSA) is 131 Å². The fraction of sp³-hybridized carbons (Fsp3) is 0.839. The number of aldehydes is 1. The number of ether oxygens (including phenoxy) is 3. The third kappa shape index (κ3) is 4.01. The van der Waals surface area contributed by atoms with Crippen molar-refractivity contribution in [2.45, 2.75) is 111 Å². The second-order valence-corrected chi connectivity index (χ2v) is 14.5. The number of carboxylic acids is 1. The second-order valence-electron chi connectivity index (χ2n) is 14.5. The van der Waals surface area contributed by atoms with Gasteiger partial charge in [0, 0.05) is 11.8 Å². The van der Waals surface area contributed by atoms with Gasteiger partial charge in [-0.2, -0.15) is 0 Å². The Labute approximate surface area is 237 Å². The molecule has 224 valence electrons. The number of amides is 1. The van der Waals surface area contributed by atoms with E-state index in [9.17, 15) is 24.6 Å². The molecule has 1 saturated heterocycles. The molecule has 11 atom stereocenters. The van der Waals surface area contributed by atoms with Gasteiger partial charge in [-0.05, 0) is 76.5 Å². The number of hydrogen-bond donors (Lipinski definition) is 3. The molecule has 40 heavy (non-hydrogen) atoms. The summed E-state index contributed by atoms with van der Waals surface area (Å²) in [5.41, 5.74) is -2.86. The first-order valence-corrected chi connectivity index (χ1v) is 15.0. The quantitative estimate of drug-likeness (QED) is 0.309. The van der Waals surface area contributed by atoms with Crippen molar-refractivity contribution < 1.29 is 38.8 Å². The molecular formula is C31H47NO8. The zero-order valence-electron chi connectivity index (χ0n) is 24.9. The van der Waals surface area contributed by atoms with Crippen molar-refractivity contribution in [2.24, 2.45) is 45.8 Å². The number of aliphatic carboxylic acids is 1. The van der Waals surface area contributed by atoms with Gasteiger partial charge in [0.25, 0.3) is 0 Å². The molecule has 0 aromatic carbocycles. The summed E-state index contributed by atoms with van der Waals surface area (Å²) in [7, 11) is 0. The summed E-state index contributed by atoms with van der Waals surface area (Å²) in [6, 6.07) is -0.654. The summed E-state index contributed by atoms with van der Waals surface area (Å²) < 4.78 is 17.9. The van der Waals surface area contributed by atoms with Crippen molar-refractivity contribution in [1.82, 2.24) is 5.32 Å². The van der Waals surface area contributed by atoms with Crippen LogP contribution in [0, 0.1) is 45.8 Å². The molecule has 0 spiro atoms. The van der Waals surface area contributed by atoms with Crippen LogP contribution in [0.1, 0.15) is 80.6 Å². The maximum atomic E-state index is 13.6. The minimum absolute atomic E-state index is 0.0148. The van der Waals surface area contributed by atoms with Crippen LogP contribution >= 0.6 is 0 Å². The number of carbonyl (C=O) groups excluding carboxylic acids is 2. The van der Waals surface area contributed by atoms with E-state index in [1.165, 1.54) is 0 Å². The van der Waals surface area contributed by atoms with Crippen molar-refractivity contribution in [3.05, 3.63) is 11.6 Å². The van der Waals surface area contributed by atoms with E-state index in [0.717, 1.165) is 24.7 Å². The average Bonchev–Trinajstić information content (AvgIpc) is 3.42. The average molecular weight is 562 g/mol. The highest BCUT2D eigenvalue weighted by Gasteiger charge is 2.84. The number of allylic oxidation sites excluding steroid dienone is 1. The number of nitrogens with one attached hydrogen (secondary N) is 1. The molecule has 7 unspecified atom stereocenters. The van der Waals surface area contributed by atoms with E-state index < -0.39 is 58.4 Å². The number of alkyl carbamates (subject to hydrolysis) is 1. The summed E-state index contributed by atoms with van der Waals surface area (Å²) in [5.74, 6) is -0.274. The lowest BCUT2D eigenvalue weighted by Gasteiger charge is -2.58. The van der Waals surface area contributed by atoms with Crippen LogP contribution in [0.3, 0.4) is 0 Å². The Morgan fingerprint density at radius 1 is 1.23 bits per heavy atom. The van der Waals surface area contributed by atoms with Gasteiger partial charge in [-0.3, -0.25) is 4.79 Å². The highest BCUT2D eigenvalue weighted by atomic mass is 16.7. The lowest BCUT2D eigenvalue weighted by molar-refractivity contribution is -0.248. The molecule has 5 rings (SSSR count). The predicted octanol–water partition coefficient (Wildman–Crippen LogP) is 4.32. The van der Waals surface area contributed by atoms with Gasteiger partial charge < -0.3 is 34.5 Å². The number of rotatable bonds is 7. The van der Waals surface area contributed by atoms with Gasteiger partial charge in [0.1, 0.15) is 23.4 Å². The zero-order valence-corrected chi connectivity index (χ0v) is 24.9. The number of carbonyl (C=O) groups is 3. The van der Waals surface area contributed by atoms with E-state index in [1.54, 1.807) is 27.7 Å². The summed E-state index contributed by atoms with van der Waals surface area (Å²) in [6.07, 6.45) is 3.52. The molecule has 4 aliphatic carbocycles. The first kappa shape index (κ1) is 29.5. The fourth-order valence-electron chi connectivity index (χ4n) is 9.64. The minimum Gasteiger partial charge on any atom is -0.481 e. The molecule has 4 bridgehead atoms. The van der Waals surface area contributed by atoms with E-state index in [2.05, 4.69) is 18.3 Å². The molecule has 1 aliphatic heterocycles. The van der Waals surface area contributed by atoms with Gasteiger partial charge in [-0.1, -0.05) is 38.8 Å². The van der Waals surface area contributed by atoms with E-state index in [-0.39, 0.29) is 36.7 Å². The first-order valence-electron chi connectivity index (χ1n) is 15.0. The van der Waals surface area contributed by atoms with Crippen LogP contribution in [0.4, 0.5) is 4.79 Å². The molecule has 9 nitrogen and oxygen atoms in total. The smallest absolute Gasteiger partial charge is 0.407 e. The predicted molar refractivity (Wildman–Crippen MR) is 146 cm³/mol. The number of fused-ring (bicyclic) bond motifs is 2. The monoisotopic (exact) mass is 561 g/mol. The minimum atomic E-state index is -1.32. The molecule has 1 heterocycles. The van der Waals surface area contributed by atoms with Crippen LogP contribution < -0.4 is 5.32 Å². The Balaban J connectivity index is 1.45. The molecular weight excluding hydrogens is 514 g/mol. The molecule has 1 amide bonds. The van der Waals surface area contributed by atoms with Crippen LogP contribution in [0.25, 0.3) is 0 Å². The van der Waals surface area contributed by atoms with Gasteiger partial charge >= 0.3 is 12.1 Å². The Bertz CT molecular complexity index is 1080. The summed E-state index contributed by atoms with van der Waals surface area (Å²) >= 11 is 0. The lowest BCUT2D eigenvalue weighted by Crippen LogP contribution is -2.64. The van der Waals surface area contributed by atoms with E-state index in [0.29, 0.717) is 18.8 Å². The van der Waals surface area contributed by atoms with Gasteiger partial charge in [0.15, 0.2) is 6.29 Å². The molecule has 3 saturated carbocycles. The summed E-state index contributed by atoms with van der Waals surface area (Å²) in [6.45, 7) is 13.4. The SMILES string of the molecule is CC(C)C1=CC2CC3(C=O)C4CCC(C)C4CC2(CO[C@H]2C[C@H](NC(=O)OC(C)(C)C)[C@H](O)[C@@H](C)O2)C13C(=O)O. The van der Waals surface area contributed by atoms with Crippen LogP contribution in [0.2, 0.25) is 0 Å². The maximum Gasteiger partial charge on any atom is 0.407 e. The lowest BCUT2D eigenvalue weighted by atomic mass is 9.43. The highest BCUT2D eigenvalue weighted by molar-refractivity contribution is 5.90. The van der Waals surface area contributed by atoms with Crippen molar-refractivity contribution in [3.63, 3.8) is 0 Å². The normalized spacial score (nSPS) is 45.7. The van der Waals surface area contributed by atoms with Gasteiger partial charge in [0.05, 0.1) is 24.2 Å². The van der Waals surface area contributed by atoms with Gasteiger partial charge in [0.2, 0.25) is 0 Å². The second kappa shape index (κ2) is 9.80. The Hall–Kier alpha value is -1.97. The Morgan fingerprint density at radius 3 is 2.52 bits per heavy atom. The molecule has 3 N–H and O–H groups in total. The van der Waals surface area contributed by atoms with Crippen LogP contribution in [0.15, 0.2) is 11.6 Å². The summed E-state index contributed by atoms with van der Waals surface area (Å²) in [5, 5.41) is 24.6. The molecule has 0 aromatic rings. The van der Waals surface area contributed by atoms with E-state index >= 15 is 0 Å². The molecule has 0 aromatic heterocycles. The molecule has 5 aliphatic rings. The van der Waals surface area contributed by atoms with Crippen molar-refractivity contribution in [2.75, 3.05) is 6.61 Å². The number of hydrogen-bond acceptors (Lipinski definition) is 7. The van der Waals surface area contributed by atoms with Crippen LogP contribution in [0.5, 0.6) is 0 Å². The van der Waals surface area contributed by atoms with Crippen molar-refractivity contribution >= 4 is 18.3 Å². The Kier molecular flexibility index (Phi) is 7.23. The standard InChI is InChI=1S/C31H47NO8/c1-16(2)22-10-19-12-29(14-33)21-9-8-17(3)20(21)13-30(19,31(22,29)26(35)36)15-38-24-11-23(25(34)18(4)39-24)32-27(37)40-28(5,6)7/h10,14,16-21,23-25,34H,8-9,11-13,15H2,1-7H3,(H,32,37)(H,35,36)/t17?,18-,19?,20?,21?,23+,24-,25-,29?,30?,31?/m1/s1. The number of carboxylic acid groups (broad SMARTS) is 1. The third-order valence-electron chi connectivity index (χ3n) is 11.1. The Morgan fingerprint density at radius 2 is 1.93 bits per heavy atom. The molecule has 9 heteroatoms. The summed E-state index contributed by atoms with van der Waals surface area (Å²) in [4.78, 5) is 39.3. The van der Waals surface area contributed by atoms with Crippen molar-refractivity contribution in [3.8, 4) is 0 Å². The largest absolute Gasteiger partial charge is 0.481 e. The van der Waals surface area contributed by atoms with Gasteiger partial charge in [-0.15, -0.1) is 0 Å². The van der Waals surface area contributed by atoms with E-state index in [1.807, 2.05) is 13.8 Å². The van der Waals surface area contributed by atoms with Crippen LogP contribution in [-0.2, 0) is 23.8 Å². The van der Waals surface area contributed by atoms with Crippen molar-refractivity contribution in [1.29, 1.82) is 0 Å². The number of aliphatic hydroxyl groups excluding tert-OH is 1. The third-order valence-corrected chi connectivity index (χ3v) is 11.1. The zero-order chi connectivity index (χ0) is 29.4. The highest BCUT2D eigenvalue weighted by Crippen LogP contribution is 2.82.